The lowest BCUT2D eigenvalue weighted by molar-refractivity contribution is 0.0908. The topological polar surface area (TPSA) is 75.7 Å². The fourth-order valence-corrected chi connectivity index (χ4v) is 4.52. The first kappa shape index (κ1) is 22.9. The number of carbonyl (C=O) groups is 1. The fourth-order valence-electron chi connectivity index (χ4n) is 3.18. The molecule has 6 nitrogen and oxygen atoms in total. The molecule has 7 heteroatoms. The number of amides is 1. The van der Waals surface area contributed by atoms with Crippen molar-refractivity contribution in [2.24, 2.45) is 0 Å². The summed E-state index contributed by atoms with van der Waals surface area (Å²) >= 11 is 0. The molecular formula is C22H30N2O4S. The van der Waals surface area contributed by atoms with Crippen LogP contribution in [0.15, 0.2) is 53.4 Å². The molecule has 158 valence electrons. The smallest absolute Gasteiger partial charge is 0.251 e. The van der Waals surface area contributed by atoms with Gasteiger partial charge in [-0.25, -0.2) is 8.42 Å². The third-order valence-corrected chi connectivity index (χ3v) is 6.51. The Balaban J connectivity index is 2.35. The van der Waals surface area contributed by atoms with E-state index < -0.39 is 10.0 Å². The van der Waals surface area contributed by atoms with Gasteiger partial charge in [0, 0.05) is 24.7 Å². The molecule has 0 atom stereocenters. The lowest BCUT2D eigenvalue weighted by Crippen LogP contribution is -2.43. The van der Waals surface area contributed by atoms with Crippen molar-refractivity contribution in [3.8, 4) is 5.75 Å². The van der Waals surface area contributed by atoms with Crippen molar-refractivity contribution >= 4 is 15.9 Å². The van der Waals surface area contributed by atoms with Crippen molar-refractivity contribution in [1.82, 2.24) is 9.62 Å². The van der Waals surface area contributed by atoms with Crippen LogP contribution in [0.1, 0.15) is 49.5 Å². The summed E-state index contributed by atoms with van der Waals surface area (Å²) in [4.78, 5) is 12.7. The minimum Gasteiger partial charge on any atom is -0.495 e. The number of sulfonamides is 1. The number of methoxy groups -OCH3 is 1. The average molecular weight is 419 g/mol. The number of rotatable bonds is 9. The van der Waals surface area contributed by atoms with Gasteiger partial charge in [-0.15, -0.1) is 0 Å². The van der Waals surface area contributed by atoms with Crippen LogP contribution in [-0.4, -0.2) is 38.3 Å². The monoisotopic (exact) mass is 418 g/mol. The van der Waals surface area contributed by atoms with Crippen molar-refractivity contribution in [3.05, 3.63) is 59.7 Å². The number of nitrogens with zero attached hydrogens (tertiary/aromatic N) is 1. The van der Waals surface area contributed by atoms with Crippen LogP contribution in [0.2, 0.25) is 0 Å². The summed E-state index contributed by atoms with van der Waals surface area (Å²) in [7, 11) is -0.936. The zero-order valence-electron chi connectivity index (χ0n) is 17.7. The lowest BCUT2D eigenvalue weighted by Gasteiger charge is -2.26. The van der Waals surface area contributed by atoms with Crippen LogP contribution in [0.25, 0.3) is 0 Å². The van der Waals surface area contributed by atoms with E-state index in [9.17, 15) is 13.2 Å². The minimum atomic E-state index is -3.86. The van der Waals surface area contributed by atoms with Crippen LogP contribution in [-0.2, 0) is 16.6 Å². The Hall–Kier alpha value is -2.38. The molecule has 2 aromatic carbocycles. The molecule has 0 saturated heterocycles. The van der Waals surface area contributed by atoms with E-state index in [0.717, 1.165) is 18.4 Å². The van der Waals surface area contributed by atoms with Crippen molar-refractivity contribution in [3.63, 3.8) is 0 Å². The van der Waals surface area contributed by atoms with E-state index >= 15 is 0 Å². The standard InChI is InChI=1S/C22H30N2O4S/c1-6-14-22(2,3)23-21(25)18-12-13-19(28-5)20(15-18)29(26,27)24(4)16-17-10-8-7-9-11-17/h7-13,15H,6,14,16H2,1-5H3,(H,23,25). The number of benzene rings is 2. The summed E-state index contributed by atoms with van der Waals surface area (Å²) in [5.74, 6) is -0.109. The molecule has 0 heterocycles. The number of carbonyl (C=O) groups excluding carboxylic acids is 1. The second-order valence-corrected chi connectivity index (χ2v) is 9.71. The first-order chi connectivity index (χ1) is 13.6. The van der Waals surface area contributed by atoms with Gasteiger partial charge in [0.15, 0.2) is 0 Å². The predicted octanol–water partition coefficient (Wildman–Crippen LogP) is 3.82. The highest BCUT2D eigenvalue weighted by Crippen LogP contribution is 2.28. The van der Waals surface area contributed by atoms with Gasteiger partial charge < -0.3 is 10.1 Å². The van der Waals surface area contributed by atoms with Gasteiger partial charge in [-0.3, -0.25) is 4.79 Å². The molecule has 0 fully saturated rings. The number of nitrogens with one attached hydrogen (secondary N) is 1. The maximum atomic E-state index is 13.2. The lowest BCUT2D eigenvalue weighted by atomic mass is 9.98. The molecule has 0 aromatic heterocycles. The van der Waals surface area contributed by atoms with E-state index in [0.29, 0.717) is 0 Å². The molecule has 2 aromatic rings. The molecule has 2 rings (SSSR count). The van der Waals surface area contributed by atoms with Crippen molar-refractivity contribution in [2.45, 2.75) is 50.6 Å². The Morgan fingerprint density at radius 2 is 1.79 bits per heavy atom. The van der Waals surface area contributed by atoms with Gasteiger partial charge in [-0.2, -0.15) is 4.31 Å². The van der Waals surface area contributed by atoms with Gasteiger partial charge in [0.2, 0.25) is 10.0 Å². The van der Waals surface area contributed by atoms with Gasteiger partial charge in [0.1, 0.15) is 10.6 Å². The number of hydrogen-bond donors (Lipinski definition) is 1. The van der Waals surface area contributed by atoms with Gasteiger partial charge in [-0.1, -0.05) is 43.7 Å². The molecule has 1 N–H and O–H groups in total. The number of ether oxygens (including phenoxy) is 1. The third kappa shape index (κ3) is 5.81. The zero-order valence-corrected chi connectivity index (χ0v) is 18.5. The van der Waals surface area contributed by atoms with Crippen LogP contribution in [0.3, 0.4) is 0 Å². The van der Waals surface area contributed by atoms with E-state index in [1.54, 1.807) is 6.07 Å². The molecular weight excluding hydrogens is 388 g/mol. The van der Waals surface area contributed by atoms with E-state index in [1.165, 1.54) is 30.6 Å². The van der Waals surface area contributed by atoms with Crippen molar-refractivity contribution in [1.29, 1.82) is 0 Å². The normalized spacial score (nSPS) is 12.1. The Morgan fingerprint density at radius 3 is 2.38 bits per heavy atom. The summed E-state index contributed by atoms with van der Waals surface area (Å²) in [6, 6.07) is 13.8. The fraction of sp³-hybridized carbons (Fsp3) is 0.409. The molecule has 1 amide bonds. The van der Waals surface area contributed by atoms with Crippen LogP contribution >= 0.6 is 0 Å². The Morgan fingerprint density at radius 1 is 1.14 bits per heavy atom. The van der Waals surface area contributed by atoms with E-state index in [2.05, 4.69) is 12.2 Å². The van der Waals surface area contributed by atoms with Crippen LogP contribution in [0.4, 0.5) is 0 Å². The Labute approximate surface area is 173 Å². The molecule has 0 aliphatic heterocycles. The molecule has 0 saturated carbocycles. The molecule has 0 aliphatic carbocycles. The second-order valence-electron chi connectivity index (χ2n) is 7.70. The van der Waals surface area contributed by atoms with E-state index in [-0.39, 0.29) is 34.2 Å². The van der Waals surface area contributed by atoms with Crippen molar-refractivity contribution < 1.29 is 17.9 Å². The summed E-state index contributed by atoms with van der Waals surface area (Å²) < 4.78 is 32.9. The maximum Gasteiger partial charge on any atom is 0.251 e. The predicted molar refractivity (Wildman–Crippen MR) is 115 cm³/mol. The van der Waals surface area contributed by atoms with Gasteiger partial charge >= 0.3 is 0 Å². The molecule has 0 unspecified atom stereocenters. The first-order valence-electron chi connectivity index (χ1n) is 9.61. The van der Waals surface area contributed by atoms with Gasteiger partial charge in [0.25, 0.3) is 5.91 Å². The molecule has 0 spiro atoms. The Kier molecular flexibility index (Phi) is 7.43. The Bertz CT molecular complexity index is 941. The quantitative estimate of drug-likeness (QED) is 0.672. The highest BCUT2D eigenvalue weighted by atomic mass is 32.2. The first-order valence-corrected chi connectivity index (χ1v) is 11.1. The molecule has 29 heavy (non-hydrogen) atoms. The minimum absolute atomic E-state index is 0.0284. The maximum absolute atomic E-state index is 13.2. The summed E-state index contributed by atoms with van der Waals surface area (Å²) in [5, 5.41) is 2.97. The van der Waals surface area contributed by atoms with E-state index in [1.807, 2.05) is 44.2 Å². The molecule has 0 bridgehead atoms. The average Bonchev–Trinajstić information content (AvgIpc) is 2.67. The van der Waals surface area contributed by atoms with E-state index in [4.69, 9.17) is 4.74 Å². The van der Waals surface area contributed by atoms with Gasteiger partial charge in [-0.05, 0) is 44.0 Å². The van der Waals surface area contributed by atoms with Gasteiger partial charge in [0.05, 0.1) is 7.11 Å². The number of hydrogen-bond acceptors (Lipinski definition) is 4. The third-order valence-electron chi connectivity index (χ3n) is 4.69. The van der Waals surface area contributed by atoms with Crippen LogP contribution < -0.4 is 10.1 Å². The summed E-state index contributed by atoms with van der Waals surface area (Å²) in [5.41, 5.74) is 0.768. The zero-order chi connectivity index (χ0) is 21.7. The molecule has 0 radical (unpaired) electrons. The highest BCUT2D eigenvalue weighted by molar-refractivity contribution is 7.89. The summed E-state index contributed by atoms with van der Waals surface area (Å²) in [6.45, 7) is 6.16. The highest BCUT2D eigenvalue weighted by Gasteiger charge is 2.27. The SMILES string of the molecule is CCCC(C)(C)NC(=O)c1ccc(OC)c(S(=O)(=O)N(C)Cc2ccccc2)c1. The summed E-state index contributed by atoms with van der Waals surface area (Å²) in [6.07, 6.45) is 1.75. The second kappa shape index (κ2) is 9.41. The molecule has 0 aliphatic rings. The van der Waals surface area contributed by atoms with Crippen LogP contribution in [0, 0.1) is 0 Å². The van der Waals surface area contributed by atoms with Crippen molar-refractivity contribution in [2.75, 3.05) is 14.2 Å². The van der Waals surface area contributed by atoms with Crippen LogP contribution in [0.5, 0.6) is 5.75 Å². The largest absolute Gasteiger partial charge is 0.495 e.